The lowest BCUT2D eigenvalue weighted by Crippen LogP contribution is -2.21. The molecule has 1 heterocycles. The number of allylic oxidation sites excluding steroid dienone is 1. The van der Waals surface area contributed by atoms with Gasteiger partial charge in [-0.2, -0.15) is 0 Å². The second-order valence-corrected chi connectivity index (χ2v) is 8.12. The third-order valence-corrected chi connectivity index (χ3v) is 6.11. The van der Waals surface area contributed by atoms with Crippen molar-refractivity contribution in [2.24, 2.45) is 11.8 Å². The van der Waals surface area contributed by atoms with Gasteiger partial charge in [0.15, 0.2) is 0 Å². The largest absolute Gasteiger partial charge is 0.493 e. The molecule has 0 unspecified atom stereocenters. The smallest absolute Gasteiger partial charge is 0.335 e. The molecule has 2 aromatic carbocycles. The molecule has 4 atom stereocenters. The summed E-state index contributed by atoms with van der Waals surface area (Å²) in [4.78, 5) is 11.3. The van der Waals surface area contributed by atoms with E-state index in [0.717, 1.165) is 29.7 Å². The van der Waals surface area contributed by atoms with Crippen LogP contribution in [0.25, 0.3) is 5.57 Å². The van der Waals surface area contributed by atoms with Gasteiger partial charge in [-0.15, -0.1) is 0 Å². The van der Waals surface area contributed by atoms with E-state index in [2.05, 4.69) is 18.2 Å². The molecule has 1 saturated carbocycles. The van der Waals surface area contributed by atoms with Gasteiger partial charge in [-0.05, 0) is 54.2 Å². The van der Waals surface area contributed by atoms with Gasteiger partial charge in [-0.3, -0.25) is 0 Å². The van der Waals surface area contributed by atoms with Crippen molar-refractivity contribution in [2.75, 3.05) is 13.2 Å². The zero-order chi connectivity index (χ0) is 21.6. The maximum atomic E-state index is 11.3. The summed E-state index contributed by atoms with van der Waals surface area (Å²) in [6.45, 7) is 1.02. The van der Waals surface area contributed by atoms with Gasteiger partial charge in [-0.1, -0.05) is 48.6 Å². The Hall–Kier alpha value is -2.89. The predicted molar refractivity (Wildman–Crippen MR) is 119 cm³/mol. The van der Waals surface area contributed by atoms with Crippen molar-refractivity contribution in [3.8, 4) is 5.75 Å². The lowest BCUT2D eigenvalue weighted by atomic mass is 9.89. The Labute approximate surface area is 182 Å². The molecule has 162 valence electrons. The maximum absolute atomic E-state index is 11.3. The number of carbonyl (C=O) groups is 1. The highest BCUT2D eigenvalue weighted by molar-refractivity contribution is 5.89. The third-order valence-electron chi connectivity index (χ3n) is 6.11. The average Bonchev–Trinajstić information content (AvgIpc) is 2.94. The predicted octanol–water partition coefficient (Wildman–Crippen LogP) is 4.58. The van der Waals surface area contributed by atoms with Crippen LogP contribution in [0, 0.1) is 11.8 Å². The van der Waals surface area contributed by atoms with Crippen molar-refractivity contribution >= 4 is 11.5 Å². The molecule has 0 saturated heterocycles. The lowest BCUT2D eigenvalue weighted by molar-refractivity contribution is 0.0470. The zero-order valence-corrected chi connectivity index (χ0v) is 17.4. The number of aromatic carboxylic acids is 1. The Balaban J connectivity index is 1.37. The second-order valence-electron chi connectivity index (χ2n) is 8.12. The molecule has 1 fully saturated rings. The minimum atomic E-state index is -0.932. The van der Waals surface area contributed by atoms with Crippen LogP contribution in [0.3, 0.4) is 0 Å². The number of rotatable bonds is 7. The van der Waals surface area contributed by atoms with E-state index < -0.39 is 12.1 Å². The van der Waals surface area contributed by atoms with Crippen LogP contribution in [-0.2, 0) is 4.74 Å². The molecular weight excluding hydrogens is 392 g/mol. The van der Waals surface area contributed by atoms with E-state index >= 15 is 0 Å². The normalized spacial score (nSPS) is 25.6. The van der Waals surface area contributed by atoms with Crippen LogP contribution < -0.4 is 4.74 Å². The number of fused-ring (bicyclic) bond motifs is 1. The number of carboxylic acids is 1. The summed E-state index contributed by atoms with van der Waals surface area (Å²) in [6.07, 6.45) is 8.12. The van der Waals surface area contributed by atoms with E-state index in [0.29, 0.717) is 19.6 Å². The number of aliphatic hydroxyl groups excluding tert-OH is 1. The first-order valence-electron chi connectivity index (χ1n) is 10.8. The van der Waals surface area contributed by atoms with Gasteiger partial charge in [0.1, 0.15) is 5.75 Å². The van der Waals surface area contributed by atoms with Gasteiger partial charge in [0.05, 0.1) is 31.0 Å². The highest BCUT2D eigenvalue weighted by Crippen LogP contribution is 2.41. The van der Waals surface area contributed by atoms with Crippen LogP contribution in [-0.4, -0.2) is 41.6 Å². The van der Waals surface area contributed by atoms with Crippen molar-refractivity contribution in [3.05, 3.63) is 84.0 Å². The molecule has 0 aromatic heterocycles. The SMILES string of the molecule is O=C(O)c1cccc(C2=CC[C@@H]3[C@@H](/C=C/CCOc4ccccc4)[C@H](O)C[C@@H]3OC2)c1. The van der Waals surface area contributed by atoms with Crippen LogP contribution in [0.15, 0.2) is 72.8 Å². The number of hydrogen-bond acceptors (Lipinski definition) is 4. The number of benzene rings is 2. The lowest BCUT2D eigenvalue weighted by Gasteiger charge is -2.20. The maximum Gasteiger partial charge on any atom is 0.335 e. The number of carboxylic acid groups (broad SMARTS) is 1. The summed E-state index contributed by atoms with van der Waals surface area (Å²) >= 11 is 0. The molecule has 1 aliphatic heterocycles. The molecule has 2 N–H and O–H groups in total. The van der Waals surface area contributed by atoms with Gasteiger partial charge in [0, 0.05) is 12.3 Å². The van der Waals surface area contributed by atoms with Crippen molar-refractivity contribution in [2.45, 2.75) is 31.5 Å². The van der Waals surface area contributed by atoms with E-state index in [4.69, 9.17) is 9.47 Å². The molecule has 2 aromatic rings. The first-order valence-corrected chi connectivity index (χ1v) is 10.8. The summed E-state index contributed by atoms with van der Waals surface area (Å²) in [7, 11) is 0. The third kappa shape index (κ3) is 5.24. The second kappa shape index (κ2) is 9.94. The standard InChI is InChI=1S/C26H28O5/c27-24-16-25-23(22(24)11-4-5-14-30-21-9-2-1-3-10-21)13-12-20(17-31-25)18-7-6-8-19(15-18)26(28)29/h1-4,6-12,15,22-25,27H,5,13-14,16-17H2,(H,28,29)/b11-4+/t22-,23-,24-,25+/m1/s1. The number of aliphatic hydroxyl groups is 1. The average molecular weight is 421 g/mol. The van der Waals surface area contributed by atoms with E-state index in [1.165, 1.54) is 0 Å². The van der Waals surface area contributed by atoms with E-state index in [1.54, 1.807) is 18.2 Å². The van der Waals surface area contributed by atoms with Gasteiger partial charge in [0.2, 0.25) is 0 Å². The van der Waals surface area contributed by atoms with E-state index in [9.17, 15) is 15.0 Å². The minimum absolute atomic E-state index is 0.00150. The monoisotopic (exact) mass is 420 g/mol. The Bertz CT molecular complexity index is 949. The van der Waals surface area contributed by atoms with Crippen molar-refractivity contribution in [1.82, 2.24) is 0 Å². The Morgan fingerprint density at radius 3 is 2.81 bits per heavy atom. The summed E-state index contributed by atoms with van der Waals surface area (Å²) in [5, 5.41) is 19.8. The zero-order valence-electron chi connectivity index (χ0n) is 17.4. The number of para-hydroxylation sites is 1. The first-order chi connectivity index (χ1) is 15.1. The van der Waals surface area contributed by atoms with Crippen molar-refractivity contribution in [1.29, 1.82) is 0 Å². The Morgan fingerprint density at radius 1 is 1.16 bits per heavy atom. The summed E-state index contributed by atoms with van der Waals surface area (Å²) < 4.78 is 11.9. The minimum Gasteiger partial charge on any atom is -0.493 e. The Morgan fingerprint density at radius 2 is 2.00 bits per heavy atom. The fraction of sp³-hybridized carbons (Fsp3) is 0.346. The van der Waals surface area contributed by atoms with Crippen LogP contribution in [0.4, 0.5) is 0 Å². The number of ether oxygens (including phenoxy) is 2. The van der Waals surface area contributed by atoms with Crippen LogP contribution in [0.2, 0.25) is 0 Å². The van der Waals surface area contributed by atoms with Crippen LogP contribution in [0.1, 0.15) is 35.2 Å². The molecule has 5 nitrogen and oxygen atoms in total. The Kier molecular flexibility index (Phi) is 6.85. The molecule has 0 amide bonds. The molecule has 4 rings (SSSR count). The topological polar surface area (TPSA) is 76.0 Å². The van der Waals surface area contributed by atoms with Crippen molar-refractivity contribution in [3.63, 3.8) is 0 Å². The fourth-order valence-corrected chi connectivity index (χ4v) is 4.48. The molecule has 0 spiro atoms. The van der Waals surface area contributed by atoms with Gasteiger partial charge in [0.25, 0.3) is 0 Å². The van der Waals surface area contributed by atoms with Gasteiger partial charge >= 0.3 is 5.97 Å². The van der Waals surface area contributed by atoms with Crippen LogP contribution in [0.5, 0.6) is 5.75 Å². The van der Waals surface area contributed by atoms with E-state index in [-0.39, 0.29) is 23.5 Å². The fourth-order valence-electron chi connectivity index (χ4n) is 4.48. The molecule has 2 aliphatic rings. The van der Waals surface area contributed by atoms with Gasteiger partial charge in [-0.25, -0.2) is 4.79 Å². The van der Waals surface area contributed by atoms with Gasteiger partial charge < -0.3 is 19.7 Å². The summed E-state index contributed by atoms with van der Waals surface area (Å²) in [5.41, 5.74) is 2.16. The quantitative estimate of drug-likeness (QED) is 0.507. The molecule has 0 bridgehead atoms. The summed E-state index contributed by atoms with van der Waals surface area (Å²) in [6, 6.07) is 16.7. The van der Waals surface area contributed by atoms with Crippen molar-refractivity contribution < 1.29 is 24.5 Å². The molecule has 5 heteroatoms. The highest BCUT2D eigenvalue weighted by Gasteiger charge is 2.42. The molecule has 1 aliphatic carbocycles. The molecule has 0 radical (unpaired) electrons. The molecular formula is C26H28O5. The highest BCUT2D eigenvalue weighted by atomic mass is 16.5. The molecule has 31 heavy (non-hydrogen) atoms. The van der Waals surface area contributed by atoms with E-state index in [1.807, 2.05) is 36.4 Å². The van der Waals surface area contributed by atoms with Crippen LogP contribution >= 0.6 is 0 Å². The number of hydrogen-bond donors (Lipinski definition) is 2. The summed E-state index contributed by atoms with van der Waals surface area (Å²) in [5.74, 6) is 0.182. The first kappa shape index (κ1) is 21.3.